The molecule has 0 aliphatic heterocycles. The van der Waals surface area contributed by atoms with Gasteiger partial charge >= 0.3 is 5.97 Å². The molecule has 0 unspecified atom stereocenters. The first-order chi connectivity index (χ1) is 11.7. The summed E-state index contributed by atoms with van der Waals surface area (Å²) in [5.74, 6) is -0.809. The van der Waals surface area contributed by atoms with Crippen LogP contribution < -0.4 is 0 Å². The van der Waals surface area contributed by atoms with Crippen LogP contribution in [0.4, 0.5) is 0 Å². The van der Waals surface area contributed by atoms with Crippen LogP contribution in [0.1, 0.15) is 61.6 Å². The molecule has 0 aliphatic carbocycles. The van der Waals surface area contributed by atoms with Crippen LogP contribution in [-0.4, -0.2) is 45.1 Å². The molecule has 3 atom stereocenters. The van der Waals surface area contributed by atoms with E-state index in [2.05, 4.69) is 11.6 Å². The Morgan fingerprint density at radius 3 is 2.52 bits per heavy atom. The topological polar surface area (TPSA) is 90.7 Å². The van der Waals surface area contributed by atoms with Crippen molar-refractivity contribution >= 4 is 23.2 Å². The van der Waals surface area contributed by atoms with E-state index in [1.165, 1.54) is 5.38 Å². The Kier molecular flexibility index (Phi) is 8.25. The van der Waals surface area contributed by atoms with Crippen molar-refractivity contribution < 1.29 is 19.8 Å². The molecule has 1 heterocycles. The van der Waals surface area contributed by atoms with Crippen molar-refractivity contribution in [1.82, 2.24) is 9.88 Å². The molecule has 0 aliphatic rings. The van der Waals surface area contributed by atoms with Gasteiger partial charge in [0, 0.05) is 31.3 Å². The van der Waals surface area contributed by atoms with E-state index in [9.17, 15) is 14.7 Å². The summed E-state index contributed by atoms with van der Waals surface area (Å²) < 4.78 is 0. The lowest BCUT2D eigenvalue weighted by Gasteiger charge is -2.33. The number of hydrogen-bond acceptors (Lipinski definition) is 5. The Labute approximate surface area is 153 Å². The molecule has 1 amide bonds. The molecule has 0 fully saturated rings. The van der Waals surface area contributed by atoms with E-state index < -0.39 is 12.1 Å². The number of aromatic nitrogens is 1. The second-order valence-electron chi connectivity index (χ2n) is 6.55. The molecule has 0 spiro atoms. The van der Waals surface area contributed by atoms with E-state index in [4.69, 9.17) is 5.11 Å². The maximum absolute atomic E-state index is 12.5. The van der Waals surface area contributed by atoms with Crippen molar-refractivity contribution in [2.24, 2.45) is 11.8 Å². The number of amides is 1. The third kappa shape index (κ3) is 5.93. The van der Waals surface area contributed by atoms with Crippen molar-refractivity contribution in [2.45, 2.75) is 52.2 Å². The fourth-order valence-electron chi connectivity index (χ4n) is 2.69. The van der Waals surface area contributed by atoms with Crippen molar-refractivity contribution in [3.8, 4) is 0 Å². The molecular weight excluding hydrogens is 340 g/mol. The number of nitrogens with zero attached hydrogens (tertiary/aromatic N) is 2. The lowest BCUT2D eigenvalue weighted by Crippen LogP contribution is -2.42. The number of carbonyl (C=O) groups excluding carboxylic acids is 1. The number of carboxylic acid groups (broad SMARTS) is 1. The molecule has 25 heavy (non-hydrogen) atoms. The second kappa shape index (κ2) is 9.68. The van der Waals surface area contributed by atoms with Crippen molar-refractivity contribution in [3.63, 3.8) is 0 Å². The lowest BCUT2D eigenvalue weighted by atomic mass is 9.95. The second-order valence-corrected chi connectivity index (χ2v) is 7.44. The number of hydrogen-bond donors (Lipinski definition) is 2. The predicted molar refractivity (Wildman–Crippen MR) is 98.6 cm³/mol. The third-order valence-electron chi connectivity index (χ3n) is 4.45. The van der Waals surface area contributed by atoms with Crippen LogP contribution in [-0.2, 0) is 4.79 Å². The fraction of sp³-hybridized carbons (Fsp3) is 0.611. The summed E-state index contributed by atoms with van der Waals surface area (Å²) in [6, 6.07) is -0.165. The molecule has 140 valence electrons. The molecule has 1 aromatic rings. The Bertz CT molecular complexity index is 600. The zero-order valence-corrected chi connectivity index (χ0v) is 16.1. The van der Waals surface area contributed by atoms with Gasteiger partial charge in [0.1, 0.15) is 11.1 Å². The summed E-state index contributed by atoms with van der Waals surface area (Å²) in [6.45, 7) is 9.78. The van der Waals surface area contributed by atoms with Gasteiger partial charge in [-0.2, -0.15) is 0 Å². The Balaban J connectivity index is 2.82. The molecular formula is C18H28N2O4S. The minimum atomic E-state index is -1.11. The predicted octanol–water partition coefficient (Wildman–Crippen LogP) is 3.35. The molecule has 6 nitrogen and oxygen atoms in total. The van der Waals surface area contributed by atoms with Crippen LogP contribution in [0, 0.1) is 11.8 Å². The van der Waals surface area contributed by atoms with Crippen LogP contribution in [0.25, 0.3) is 0 Å². The first-order valence-corrected chi connectivity index (χ1v) is 9.34. The van der Waals surface area contributed by atoms with Crippen LogP contribution in [0.5, 0.6) is 0 Å². The Morgan fingerprint density at radius 1 is 1.44 bits per heavy atom. The summed E-state index contributed by atoms with van der Waals surface area (Å²) in [5, 5.41) is 21.2. The highest BCUT2D eigenvalue weighted by Crippen LogP contribution is 2.27. The molecule has 1 aromatic heterocycles. The van der Waals surface area contributed by atoms with Gasteiger partial charge in [-0.05, 0) is 18.3 Å². The highest BCUT2D eigenvalue weighted by atomic mass is 32.1. The first kappa shape index (κ1) is 21.3. The summed E-state index contributed by atoms with van der Waals surface area (Å²) in [5.41, 5.74) is -0.0682. The average Bonchev–Trinajstić information content (AvgIpc) is 3.06. The summed E-state index contributed by atoms with van der Waals surface area (Å²) >= 11 is 1.12. The zero-order valence-electron chi connectivity index (χ0n) is 15.3. The minimum absolute atomic E-state index is 0.0167. The van der Waals surface area contributed by atoms with E-state index >= 15 is 0 Å². The molecule has 0 saturated carbocycles. The smallest absolute Gasteiger partial charge is 0.355 e. The normalized spacial score (nSPS) is 14.8. The van der Waals surface area contributed by atoms with Gasteiger partial charge in [-0.1, -0.05) is 26.8 Å². The molecule has 0 bridgehead atoms. The van der Waals surface area contributed by atoms with Crippen LogP contribution in [0.3, 0.4) is 0 Å². The van der Waals surface area contributed by atoms with E-state index in [1.54, 1.807) is 18.0 Å². The van der Waals surface area contributed by atoms with Crippen LogP contribution >= 0.6 is 11.3 Å². The van der Waals surface area contributed by atoms with Gasteiger partial charge < -0.3 is 15.1 Å². The van der Waals surface area contributed by atoms with Gasteiger partial charge in [-0.15, -0.1) is 17.9 Å². The molecule has 7 heteroatoms. The van der Waals surface area contributed by atoms with Gasteiger partial charge in [0.05, 0.1) is 0 Å². The zero-order chi connectivity index (χ0) is 19.1. The van der Waals surface area contributed by atoms with E-state index in [1.807, 2.05) is 20.8 Å². The van der Waals surface area contributed by atoms with Gasteiger partial charge in [-0.25, -0.2) is 9.78 Å². The highest BCUT2D eigenvalue weighted by Gasteiger charge is 2.28. The summed E-state index contributed by atoms with van der Waals surface area (Å²) in [4.78, 5) is 29.1. The quantitative estimate of drug-likeness (QED) is 0.618. The van der Waals surface area contributed by atoms with Crippen LogP contribution in [0.2, 0.25) is 0 Å². The number of carboxylic acids is 1. The number of aliphatic hydroxyl groups is 1. The number of aromatic carboxylic acids is 1. The first-order valence-electron chi connectivity index (χ1n) is 8.46. The maximum atomic E-state index is 12.5. The van der Waals surface area contributed by atoms with Crippen molar-refractivity contribution in [1.29, 1.82) is 0 Å². The molecule has 1 rings (SSSR count). The van der Waals surface area contributed by atoms with E-state index in [-0.39, 0.29) is 29.5 Å². The molecule has 2 N–H and O–H groups in total. The number of rotatable bonds is 10. The molecule has 0 radical (unpaired) electrons. The lowest BCUT2D eigenvalue weighted by molar-refractivity contribution is -0.134. The minimum Gasteiger partial charge on any atom is -0.476 e. The largest absolute Gasteiger partial charge is 0.476 e. The summed E-state index contributed by atoms with van der Waals surface area (Å²) in [6.07, 6.45) is 2.47. The van der Waals surface area contributed by atoms with Crippen molar-refractivity contribution in [3.05, 3.63) is 28.7 Å². The number of thiazole rings is 1. The van der Waals surface area contributed by atoms with Crippen molar-refractivity contribution in [2.75, 3.05) is 7.05 Å². The Morgan fingerprint density at radius 2 is 2.08 bits per heavy atom. The van der Waals surface area contributed by atoms with Gasteiger partial charge in [-0.3, -0.25) is 4.79 Å². The fourth-order valence-corrected chi connectivity index (χ4v) is 3.48. The molecule has 0 aromatic carbocycles. The average molecular weight is 368 g/mol. The monoisotopic (exact) mass is 368 g/mol. The standard InChI is InChI=1S/C18H28N2O4S/c1-6-12(7-2)8-16(22)20(5)14(11(3)4)9-15(21)17-19-13(10-25-17)18(23)24/h6,10-12,14-15,21H,1,7-9H2,2-5H3,(H,23,24)/t12-,14+,15+/m0/s1. The van der Waals surface area contributed by atoms with Gasteiger partial charge in [0.25, 0.3) is 0 Å². The highest BCUT2D eigenvalue weighted by molar-refractivity contribution is 7.09. The van der Waals surface area contributed by atoms with E-state index in [0.717, 1.165) is 17.8 Å². The maximum Gasteiger partial charge on any atom is 0.355 e. The number of aliphatic hydroxyl groups excluding tert-OH is 1. The molecule has 0 saturated heterocycles. The van der Waals surface area contributed by atoms with Gasteiger partial charge in [0.15, 0.2) is 5.69 Å². The number of carbonyl (C=O) groups is 2. The summed E-state index contributed by atoms with van der Waals surface area (Å²) in [7, 11) is 1.75. The third-order valence-corrected chi connectivity index (χ3v) is 5.39. The SMILES string of the molecule is C=C[C@@H](CC)CC(=O)N(C)[C@H](C[C@@H](O)c1nc(C(=O)O)cs1)C(C)C. The number of allylic oxidation sites excluding steroid dienone is 1. The Hall–Kier alpha value is -1.73. The van der Waals surface area contributed by atoms with E-state index in [0.29, 0.717) is 17.8 Å². The van der Waals surface area contributed by atoms with Gasteiger partial charge in [0.2, 0.25) is 5.91 Å². The van der Waals surface area contributed by atoms with Crippen LogP contribution in [0.15, 0.2) is 18.0 Å².